The number of allylic oxidation sites excluding steroid dienone is 1. The molecule has 0 spiro atoms. The van der Waals surface area contributed by atoms with Crippen LogP contribution in [0.4, 0.5) is 0 Å². The zero-order valence-electron chi connectivity index (χ0n) is 20.2. The van der Waals surface area contributed by atoms with E-state index in [0.717, 1.165) is 51.4 Å². The van der Waals surface area contributed by atoms with Crippen LogP contribution in [-0.2, 0) is 28.6 Å². The molecule has 4 rings (SSSR count). The summed E-state index contributed by atoms with van der Waals surface area (Å²) in [6, 6.07) is 0. The molecule has 7 atom stereocenters. The Labute approximate surface area is 191 Å². The van der Waals surface area contributed by atoms with Gasteiger partial charge in [0.25, 0.3) is 0 Å². The van der Waals surface area contributed by atoms with Crippen molar-refractivity contribution in [3.8, 4) is 0 Å². The third-order valence-electron chi connectivity index (χ3n) is 9.55. The van der Waals surface area contributed by atoms with Crippen LogP contribution in [-0.4, -0.2) is 36.2 Å². The molecular formula is C26H38O6. The number of esters is 3. The van der Waals surface area contributed by atoms with Crippen molar-refractivity contribution in [2.75, 3.05) is 6.61 Å². The predicted octanol–water partition coefficient (Wildman–Crippen LogP) is 4.75. The largest absolute Gasteiger partial charge is 0.465 e. The molecule has 0 N–H and O–H groups in total. The Hall–Kier alpha value is -1.85. The summed E-state index contributed by atoms with van der Waals surface area (Å²) in [5, 5.41) is 0. The number of carbonyl (C=O) groups excluding carboxylic acids is 3. The minimum absolute atomic E-state index is 0.0389. The average molecular weight is 447 g/mol. The van der Waals surface area contributed by atoms with E-state index >= 15 is 0 Å². The zero-order chi connectivity index (χ0) is 23.3. The lowest BCUT2D eigenvalue weighted by Gasteiger charge is -2.59. The Morgan fingerprint density at radius 3 is 2.31 bits per heavy atom. The lowest BCUT2D eigenvalue weighted by atomic mass is 9.46. The molecule has 0 aromatic rings. The lowest BCUT2D eigenvalue weighted by Crippen LogP contribution is -2.56. The van der Waals surface area contributed by atoms with Crippen molar-refractivity contribution in [3.63, 3.8) is 0 Å². The summed E-state index contributed by atoms with van der Waals surface area (Å²) in [6.07, 6.45) is 9.66. The molecule has 3 saturated carbocycles. The van der Waals surface area contributed by atoms with Crippen molar-refractivity contribution in [2.24, 2.45) is 28.6 Å². The first-order chi connectivity index (χ1) is 15.0. The summed E-state index contributed by atoms with van der Waals surface area (Å²) in [5.74, 6) is 0.711. The van der Waals surface area contributed by atoms with Crippen molar-refractivity contribution in [1.29, 1.82) is 0 Å². The van der Waals surface area contributed by atoms with Gasteiger partial charge in [0.15, 0.2) is 0 Å². The highest BCUT2D eigenvalue weighted by Crippen LogP contribution is 2.68. The van der Waals surface area contributed by atoms with Crippen LogP contribution in [0.5, 0.6) is 0 Å². The van der Waals surface area contributed by atoms with Crippen molar-refractivity contribution in [2.45, 2.75) is 97.7 Å². The molecule has 0 amide bonds. The summed E-state index contributed by atoms with van der Waals surface area (Å²) in [7, 11) is 0. The maximum absolute atomic E-state index is 11.9. The molecule has 0 aliphatic heterocycles. The first-order valence-electron chi connectivity index (χ1n) is 12.2. The fourth-order valence-corrected chi connectivity index (χ4v) is 7.97. The molecule has 0 heterocycles. The fourth-order valence-electron chi connectivity index (χ4n) is 7.97. The minimum atomic E-state index is -0.422. The molecule has 0 unspecified atom stereocenters. The van der Waals surface area contributed by atoms with E-state index in [1.165, 1.54) is 26.3 Å². The summed E-state index contributed by atoms with van der Waals surface area (Å²) >= 11 is 0. The predicted molar refractivity (Wildman–Crippen MR) is 118 cm³/mol. The van der Waals surface area contributed by atoms with Gasteiger partial charge in [-0.15, -0.1) is 0 Å². The van der Waals surface area contributed by atoms with Gasteiger partial charge in [-0.3, -0.25) is 14.4 Å². The maximum Gasteiger partial charge on any atom is 0.303 e. The van der Waals surface area contributed by atoms with Gasteiger partial charge < -0.3 is 14.2 Å². The van der Waals surface area contributed by atoms with Crippen LogP contribution in [0.25, 0.3) is 0 Å². The van der Waals surface area contributed by atoms with Crippen LogP contribution in [0, 0.1) is 28.6 Å². The van der Waals surface area contributed by atoms with Gasteiger partial charge in [-0.2, -0.15) is 0 Å². The monoisotopic (exact) mass is 446 g/mol. The average Bonchev–Trinajstić information content (AvgIpc) is 2.96. The van der Waals surface area contributed by atoms with Gasteiger partial charge in [0.2, 0.25) is 0 Å². The van der Waals surface area contributed by atoms with Crippen LogP contribution in [0.2, 0.25) is 0 Å². The highest BCUT2D eigenvalue weighted by molar-refractivity contribution is 5.67. The number of ether oxygens (including phenoxy) is 3. The Kier molecular flexibility index (Phi) is 5.96. The highest BCUT2D eigenvalue weighted by Gasteiger charge is 2.64. The first kappa shape index (κ1) is 23.3. The van der Waals surface area contributed by atoms with E-state index in [-0.39, 0.29) is 34.8 Å². The zero-order valence-corrected chi connectivity index (χ0v) is 20.2. The second-order valence-electron chi connectivity index (χ2n) is 11.1. The molecule has 4 aliphatic rings. The molecule has 4 aliphatic carbocycles. The third-order valence-corrected chi connectivity index (χ3v) is 9.55. The summed E-state index contributed by atoms with van der Waals surface area (Å²) in [6.45, 7) is 9.31. The van der Waals surface area contributed by atoms with Crippen molar-refractivity contribution >= 4 is 17.9 Å². The molecule has 0 saturated heterocycles. The van der Waals surface area contributed by atoms with Crippen LogP contribution < -0.4 is 0 Å². The molecule has 0 bridgehead atoms. The van der Waals surface area contributed by atoms with E-state index in [4.69, 9.17) is 14.2 Å². The van der Waals surface area contributed by atoms with Gasteiger partial charge in [0, 0.05) is 38.0 Å². The second-order valence-corrected chi connectivity index (χ2v) is 11.1. The number of rotatable bonds is 4. The van der Waals surface area contributed by atoms with Gasteiger partial charge in [0.1, 0.15) is 18.3 Å². The van der Waals surface area contributed by atoms with Crippen LogP contribution in [0.1, 0.15) is 86.0 Å². The molecule has 0 aromatic heterocycles. The lowest BCUT2D eigenvalue weighted by molar-refractivity contribution is -0.179. The van der Waals surface area contributed by atoms with E-state index in [2.05, 4.69) is 19.9 Å². The number of hydrogen-bond acceptors (Lipinski definition) is 6. The molecule has 178 valence electrons. The molecule has 0 radical (unpaired) electrons. The Morgan fingerprint density at radius 2 is 1.66 bits per heavy atom. The third kappa shape index (κ3) is 3.67. The summed E-state index contributed by atoms with van der Waals surface area (Å²) in [5.41, 5.74) is 0.673. The second kappa shape index (κ2) is 8.18. The Bertz CT molecular complexity index is 832. The van der Waals surface area contributed by atoms with Gasteiger partial charge in [-0.1, -0.05) is 18.6 Å². The van der Waals surface area contributed by atoms with Crippen LogP contribution in [0.15, 0.2) is 11.6 Å². The number of hydrogen-bond donors (Lipinski definition) is 0. The van der Waals surface area contributed by atoms with E-state index in [1.54, 1.807) is 0 Å². The first-order valence-corrected chi connectivity index (χ1v) is 12.2. The smallest absolute Gasteiger partial charge is 0.303 e. The van der Waals surface area contributed by atoms with E-state index < -0.39 is 5.60 Å². The van der Waals surface area contributed by atoms with E-state index in [9.17, 15) is 14.4 Å². The van der Waals surface area contributed by atoms with E-state index in [1.807, 2.05) is 0 Å². The topological polar surface area (TPSA) is 78.9 Å². The van der Waals surface area contributed by atoms with Gasteiger partial charge >= 0.3 is 17.9 Å². The fraction of sp³-hybridized carbons (Fsp3) is 0.808. The quantitative estimate of drug-likeness (QED) is 0.352. The van der Waals surface area contributed by atoms with Crippen molar-refractivity contribution < 1.29 is 28.6 Å². The van der Waals surface area contributed by atoms with Gasteiger partial charge in [0.05, 0.1) is 0 Å². The summed E-state index contributed by atoms with van der Waals surface area (Å²) < 4.78 is 17.2. The Morgan fingerprint density at radius 1 is 0.938 bits per heavy atom. The molecule has 6 nitrogen and oxygen atoms in total. The SMILES string of the molecule is CC(=O)OC[C@]12CC[C@H](OC(C)=O)CC1=CC[C@@H]1[C@@H]2CC[C@@]2(C)[C@H]1CC[C@]2(C)OC(C)=O. The maximum atomic E-state index is 11.9. The molecule has 32 heavy (non-hydrogen) atoms. The minimum Gasteiger partial charge on any atom is -0.465 e. The number of carbonyl (C=O) groups is 3. The highest BCUT2D eigenvalue weighted by atomic mass is 16.6. The standard InChI is InChI=1S/C26H38O6/c1-16(27)30-15-26-13-8-20(31-17(2)28)14-19(26)6-7-21-22-10-12-25(5,32-18(3)29)24(22,4)11-9-23(21)26/h6,20-23H,7-15H2,1-5H3/t20-,21-,22-,23-,24-,25-,26+/m0/s1. The van der Waals surface area contributed by atoms with Crippen LogP contribution in [0.3, 0.4) is 0 Å². The van der Waals surface area contributed by atoms with Crippen molar-refractivity contribution in [3.05, 3.63) is 11.6 Å². The molecule has 0 aromatic carbocycles. The molecular weight excluding hydrogens is 408 g/mol. The van der Waals surface area contributed by atoms with Gasteiger partial charge in [-0.05, 0) is 69.6 Å². The van der Waals surface area contributed by atoms with E-state index in [0.29, 0.717) is 24.4 Å². The van der Waals surface area contributed by atoms with Crippen molar-refractivity contribution in [1.82, 2.24) is 0 Å². The van der Waals surface area contributed by atoms with Gasteiger partial charge in [-0.25, -0.2) is 0 Å². The molecule has 3 fully saturated rings. The number of fused-ring (bicyclic) bond motifs is 5. The summed E-state index contributed by atoms with van der Waals surface area (Å²) in [4.78, 5) is 35.2. The normalized spacial score (nSPS) is 42.6. The molecule has 6 heteroatoms. The van der Waals surface area contributed by atoms with Crippen LogP contribution >= 0.6 is 0 Å². The Balaban J connectivity index is 1.65.